The number of benzene rings is 2. The van der Waals surface area contributed by atoms with E-state index in [4.69, 9.17) is 5.73 Å². The standard InChI is InChI=1S/C16H17F3N2/c1-21(15-4-2-12(17)3-5-15)7-6-16(20)11-8-13(18)10-14(19)9-11/h2-5,8-10,16H,6-7,20H2,1H3. The number of rotatable bonds is 5. The second-order valence-corrected chi connectivity index (χ2v) is 5.00. The predicted octanol–water partition coefficient (Wildman–Crippen LogP) is 3.63. The molecule has 0 radical (unpaired) electrons. The van der Waals surface area contributed by atoms with Gasteiger partial charge in [-0.1, -0.05) is 0 Å². The third-order valence-corrected chi connectivity index (χ3v) is 3.36. The van der Waals surface area contributed by atoms with Gasteiger partial charge in [-0.3, -0.25) is 0 Å². The van der Waals surface area contributed by atoms with Crippen molar-refractivity contribution in [2.24, 2.45) is 5.73 Å². The zero-order valence-electron chi connectivity index (χ0n) is 11.7. The van der Waals surface area contributed by atoms with Gasteiger partial charge in [0.05, 0.1) is 0 Å². The minimum atomic E-state index is -0.632. The van der Waals surface area contributed by atoms with E-state index in [0.717, 1.165) is 11.8 Å². The smallest absolute Gasteiger partial charge is 0.126 e. The Labute approximate surface area is 122 Å². The van der Waals surface area contributed by atoms with Crippen LogP contribution in [0.1, 0.15) is 18.0 Å². The van der Waals surface area contributed by atoms with Gasteiger partial charge in [-0.25, -0.2) is 13.2 Å². The quantitative estimate of drug-likeness (QED) is 0.912. The highest BCUT2D eigenvalue weighted by Gasteiger charge is 2.11. The molecule has 0 aromatic heterocycles. The molecular weight excluding hydrogens is 277 g/mol. The first-order valence-electron chi connectivity index (χ1n) is 6.64. The van der Waals surface area contributed by atoms with E-state index in [0.29, 0.717) is 18.5 Å². The van der Waals surface area contributed by atoms with Crippen molar-refractivity contribution < 1.29 is 13.2 Å². The fraction of sp³-hybridized carbons (Fsp3) is 0.250. The normalized spacial score (nSPS) is 12.2. The second-order valence-electron chi connectivity index (χ2n) is 5.00. The molecule has 0 aliphatic rings. The average Bonchev–Trinajstić information content (AvgIpc) is 2.44. The minimum absolute atomic E-state index is 0.293. The number of hydrogen-bond donors (Lipinski definition) is 1. The maximum absolute atomic E-state index is 13.1. The molecule has 0 spiro atoms. The van der Waals surface area contributed by atoms with E-state index in [1.165, 1.54) is 24.3 Å². The zero-order chi connectivity index (χ0) is 15.4. The molecule has 0 saturated heterocycles. The van der Waals surface area contributed by atoms with Crippen LogP contribution in [-0.4, -0.2) is 13.6 Å². The summed E-state index contributed by atoms with van der Waals surface area (Å²) in [5.74, 6) is -1.56. The van der Waals surface area contributed by atoms with E-state index in [1.807, 2.05) is 11.9 Å². The molecule has 21 heavy (non-hydrogen) atoms. The van der Waals surface area contributed by atoms with Crippen molar-refractivity contribution in [3.05, 3.63) is 65.5 Å². The molecule has 0 aliphatic heterocycles. The average molecular weight is 294 g/mol. The summed E-state index contributed by atoms with van der Waals surface area (Å²) >= 11 is 0. The highest BCUT2D eigenvalue weighted by atomic mass is 19.1. The van der Waals surface area contributed by atoms with Gasteiger partial charge >= 0.3 is 0 Å². The van der Waals surface area contributed by atoms with Crippen molar-refractivity contribution >= 4 is 5.69 Å². The fourth-order valence-corrected chi connectivity index (χ4v) is 2.11. The topological polar surface area (TPSA) is 29.3 Å². The Balaban J connectivity index is 1.97. The Hall–Kier alpha value is -2.01. The van der Waals surface area contributed by atoms with Gasteiger partial charge in [0, 0.05) is 31.4 Å². The minimum Gasteiger partial charge on any atom is -0.375 e. The summed E-state index contributed by atoms with van der Waals surface area (Å²) in [6.45, 7) is 0.588. The molecule has 1 unspecified atom stereocenters. The molecular formula is C16H17F3N2. The summed E-state index contributed by atoms with van der Waals surface area (Å²) < 4.78 is 39.1. The van der Waals surface area contributed by atoms with Crippen molar-refractivity contribution in [2.45, 2.75) is 12.5 Å². The largest absolute Gasteiger partial charge is 0.375 e. The Morgan fingerprint density at radius 2 is 1.52 bits per heavy atom. The van der Waals surface area contributed by atoms with Gasteiger partial charge in [-0.15, -0.1) is 0 Å². The third kappa shape index (κ3) is 4.23. The van der Waals surface area contributed by atoms with Gasteiger partial charge in [-0.05, 0) is 48.4 Å². The summed E-state index contributed by atoms with van der Waals surface area (Å²) in [6.07, 6.45) is 0.525. The summed E-state index contributed by atoms with van der Waals surface area (Å²) in [5.41, 5.74) is 7.25. The van der Waals surface area contributed by atoms with E-state index in [1.54, 1.807) is 12.1 Å². The molecule has 112 valence electrons. The van der Waals surface area contributed by atoms with Crippen LogP contribution in [0.2, 0.25) is 0 Å². The van der Waals surface area contributed by atoms with Gasteiger partial charge in [0.1, 0.15) is 17.5 Å². The monoisotopic (exact) mass is 294 g/mol. The van der Waals surface area contributed by atoms with Crippen molar-refractivity contribution in [3.63, 3.8) is 0 Å². The summed E-state index contributed by atoms with van der Waals surface area (Å²) in [7, 11) is 1.85. The van der Waals surface area contributed by atoms with Gasteiger partial charge in [-0.2, -0.15) is 0 Å². The maximum Gasteiger partial charge on any atom is 0.126 e. The lowest BCUT2D eigenvalue weighted by molar-refractivity contribution is 0.567. The molecule has 0 saturated carbocycles. The van der Waals surface area contributed by atoms with Gasteiger partial charge < -0.3 is 10.6 Å². The molecule has 0 aliphatic carbocycles. The first kappa shape index (κ1) is 15.4. The number of nitrogens with two attached hydrogens (primary N) is 1. The maximum atomic E-state index is 13.1. The lowest BCUT2D eigenvalue weighted by atomic mass is 10.0. The van der Waals surface area contributed by atoms with Crippen molar-refractivity contribution in [1.82, 2.24) is 0 Å². The van der Waals surface area contributed by atoms with E-state index < -0.39 is 17.7 Å². The van der Waals surface area contributed by atoms with Gasteiger partial charge in [0.15, 0.2) is 0 Å². The lowest BCUT2D eigenvalue weighted by Crippen LogP contribution is -2.23. The first-order valence-corrected chi connectivity index (χ1v) is 6.64. The molecule has 0 amide bonds. The summed E-state index contributed by atoms with van der Waals surface area (Å²) in [6, 6.07) is 8.95. The van der Waals surface area contributed by atoms with Crippen LogP contribution in [0, 0.1) is 17.5 Å². The molecule has 1 atom stereocenters. The molecule has 0 heterocycles. The molecule has 2 aromatic rings. The SMILES string of the molecule is CN(CCC(N)c1cc(F)cc(F)c1)c1ccc(F)cc1. The van der Waals surface area contributed by atoms with E-state index in [-0.39, 0.29) is 5.82 Å². The highest BCUT2D eigenvalue weighted by molar-refractivity contribution is 5.45. The predicted molar refractivity (Wildman–Crippen MR) is 77.6 cm³/mol. The van der Waals surface area contributed by atoms with Crippen LogP contribution in [0.3, 0.4) is 0 Å². The highest BCUT2D eigenvalue weighted by Crippen LogP contribution is 2.19. The molecule has 0 fully saturated rings. The zero-order valence-corrected chi connectivity index (χ0v) is 11.7. The Bertz CT molecular complexity index is 579. The van der Waals surface area contributed by atoms with Crippen molar-refractivity contribution in [1.29, 1.82) is 0 Å². The van der Waals surface area contributed by atoms with Crippen LogP contribution in [-0.2, 0) is 0 Å². The van der Waals surface area contributed by atoms with E-state index >= 15 is 0 Å². The third-order valence-electron chi connectivity index (χ3n) is 3.36. The Morgan fingerprint density at radius 1 is 0.952 bits per heavy atom. The Kier molecular flexibility index (Phi) is 4.85. The van der Waals surface area contributed by atoms with Crippen LogP contribution in [0.4, 0.5) is 18.9 Å². The lowest BCUT2D eigenvalue weighted by Gasteiger charge is -2.21. The number of anilines is 1. The van der Waals surface area contributed by atoms with Gasteiger partial charge in [0.2, 0.25) is 0 Å². The van der Waals surface area contributed by atoms with E-state index in [2.05, 4.69) is 0 Å². The molecule has 2 aromatic carbocycles. The molecule has 0 bridgehead atoms. The van der Waals surface area contributed by atoms with Crippen molar-refractivity contribution in [3.8, 4) is 0 Å². The Morgan fingerprint density at radius 3 is 2.10 bits per heavy atom. The molecule has 2 rings (SSSR count). The van der Waals surface area contributed by atoms with Gasteiger partial charge in [0.25, 0.3) is 0 Å². The fourth-order valence-electron chi connectivity index (χ4n) is 2.11. The second kappa shape index (κ2) is 6.63. The molecule has 5 heteroatoms. The molecule has 2 N–H and O–H groups in total. The van der Waals surface area contributed by atoms with Crippen LogP contribution in [0.15, 0.2) is 42.5 Å². The van der Waals surface area contributed by atoms with E-state index in [9.17, 15) is 13.2 Å². The number of halogens is 3. The number of hydrogen-bond acceptors (Lipinski definition) is 2. The number of nitrogens with zero attached hydrogens (tertiary/aromatic N) is 1. The van der Waals surface area contributed by atoms with Crippen LogP contribution in [0.5, 0.6) is 0 Å². The first-order chi connectivity index (χ1) is 9.95. The molecule has 2 nitrogen and oxygen atoms in total. The van der Waals surface area contributed by atoms with Crippen LogP contribution >= 0.6 is 0 Å². The van der Waals surface area contributed by atoms with Crippen LogP contribution in [0.25, 0.3) is 0 Å². The summed E-state index contributed by atoms with van der Waals surface area (Å²) in [5, 5.41) is 0. The van der Waals surface area contributed by atoms with Crippen molar-refractivity contribution in [2.75, 3.05) is 18.5 Å². The summed E-state index contributed by atoms with van der Waals surface area (Å²) in [4.78, 5) is 1.91. The van der Waals surface area contributed by atoms with Crippen LogP contribution < -0.4 is 10.6 Å².